The zero-order valence-corrected chi connectivity index (χ0v) is 19.3. The SMILES string of the molecule is CCc1ccc(C23CC4CC(CC(C4)C2)C3)cc1N1COCC(C(=O)OC)=C1C(=O)OC. The Morgan fingerprint density at radius 3 is 2.22 bits per heavy atom. The van der Waals surface area contributed by atoms with Gasteiger partial charge in [-0.1, -0.05) is 19.1 Å². The molecule has 0 saturated heterocycles. The van der Waals surface area contributed by atoms with Crippen molar-refractivity contribution in [2.24, 2.45) is 17.8 Å². The number of nitrogens with zero attached hydrogens (tertiary/aromatic N) is 1. The summed E-state index contributed by atoms with van der Waals surface area (Å²) in [7, 11) is 2.65. The molecule has 0 unspecified atom stereocenters. The molecule has 6 rings (SSSR count). The molecular weight excluding hydrogens is 406 g/mol. The second-order valence-corrected chi connectivity index (χ2v) is 10.1. The molecule has 172 valence electrons. The number of benzene rings is 1. The predicted molar refractivity (Wildman–Crippen MR) is 120 cm³/mol. The fourth-order valence-corrected chi connectivity index (χ4v) is 7.24. The van der Waals surface area contributed by atoms with Crippen molar-refractivity contribution in [3.05, 3.63) is 40.6 Å². The van der Waals surface area contributed by atoms with E-state index >= 15 is 0 Å². The number of methoxy groups -OCH3 is 2. The normalized spacial score (nSPS) is 31.1. The first-order chi connectivity index (χ1) is 15.5. The highest BCUT2D eigenvalue weighted by molar-refractivity contribution is 6.03. The lowest BCUT2D eigenvalue weighted by Crippen LogP contribution is -2.48. The summed E-state index contributed by atoms with van der Waals surface area (Å²) in [6, 6.07) is 6.77. The van der Waals surface area contributed by atoms with Crippen LogP contribution in [-0.2, 0) is 35.6 Å². The van der Waals surface area contributed by atoms with Gasteiger partial charge in [-0.25, -0.2) is 9.59 Å². The van der Waals surface area contributed by atoms with E-state index < -0.39 is 11.9 Å². The number of aryl methyl sites for hydroxylation is 1. The summed E-state index contributed by atoms with van der Waals surface area (Å²) in [6.45, 7) is 2.34. The Labute approximate surface area is 189 Å². The zero-order valence-electron chi connectivity index (χ0n) is 19.3. The van der Waals surface area contributed by atoms with Crippen molar-refractivity contribution in [1.29, 1.82) is 0 Å². The van der Waals surface area contributed by atoms with E-state index in [2.05, 4.69) is 25.1 Å². The second kappa shape index (κ2) is 8.22. The number of carbonyl (C=O) groups is 2. The van der Waals surface area contributed by atoms with E-state index in [-0.39, 0.29) is 30.0 Å². The minimum Gasteiger partial charge on any atom is -0.466 e. The summed E-state index contributed by atoms with van der Waals surface area (Å²) < 4.78 is 15.7. The van der Waals surface area contributed by atoms with Gasteiger partial charge in [0, 0.05) is 5.69 Å². The molecule has 0 amide bonds. The topological polar surface area (TPSA) is 65.1 Å². The van der Waals surface area contributed by atoms with Crippen LogP contribution in [0.1, 0.15) is 56.6 Å². The minimum atomic E-state index is -0.564. The van der Waals surface area contributed by atoms with Gasteiger partial charge in [0.25, 0.3) is 0 Å². The van der Waals surface area contributed by atoms with Crippen LogP contribution in [0.3, 0.4) is 0 Å². The molecule has 1 aromatic rings. The highest BCUT2D eigenvalue weighted by Gasteiger charge is 2.51. The Bertz CT molecular complexity index is 930. The van der Waals surface area contributed by atoms with Gasteiger partial charge in [-0.2, -0.15) is 0 Å². The van der Waals surface area contributed by atoms with Crippen LogP contribution < -0.4 is 4.90 Å². The van der Waals surface area contributed by atoms with Crippen molar-refractivity contribution in [2.45, 2.75) is 57.3 Å². The molecule has 1 aliphatic heterocycles. The van der Waals surface area contributed by atoms with Crippen molar-refractivity contribution in [2.75, 3.05) is 32.5 Å². The summed E-state index contributed by atoms with van der Waals surface area (Å²) in [4.78, 5) is 27.0. The lowest BCUT2D eigenvalue weighted by molar-refractivity contribution is -0.140. The largest absolute Gasteiger partial charge is 0.466 e. The standard InChI is InChI=1S/C26H33NO5/c1-4-19-5-6-20(26-11-16-7-17(12-26)9-18(8-16)13-26)10-22(19)27-15-32-14-21(24(28)30-2)23(27)25(29)31-3/h5-6,10,16-18H,4,7-9,11-15H2,1-3H3. The maximum atomic E-state index is 12.8. The van der Waals surface area contributed by atoms with Gasteiger partial charge in [0.15, 0.2) is 0 Å². The van der Waals surface area contributed by atoms with Crippen molar-refractivity contribution in [3.8, 4) is 0 Å². The number of hydrogen-bond donors (Lipinski definition) is 0. The molecule has 5 aliphatic rings. The van der Waals surface area contributed by atoms with Gasteiger partial charge < -0.3 is 19.1 Å². The van der Waals surface area contributed by atoms with Crippen LogP contribution in [0.15, 0.2) is 29.5 Å². The second-order valence-electron chi connectivity index (χ2n) is 10.1. The van der Waals surface area contributed by atoms with Gasteiger partial charge in [0.05, 0.1) is 26.4 Å². The van der Waals surface area contributed by atoms with Crippen LogP contribution in [0.2, 0.25) is 0 Å². The molecule has 4 bridgehead atoms. The first kappa shape index (κ1) is 21.5. The predicted octanol–water partition coefficient (Wildman–Crippen LogP) is 4.11. The third kappa shape index (κ3) is 3.43. The smallest absolute Gasteiger partial charge is 0.355 e. The summed E-state index contributed by atoms with van der Waals surface area (Å²) in [6.07, 6.45) is 8.83. The number of esters is 2. The maximum absolute atomic E-state index is 12.8. The maximum Gasteiger partial charge on any atom is 0.355 e. The molecule has 1 aromatic carbocycles. The fraction of sp³-hybridized carbons (Fsp3) is 0.615. The quantitative estimate of drug-likeness (QED) is 0.644. The molecule has 0 aromatic heterocycles. The van der Waals surface area contributed by atoms with Gasteiger partial charge in [0.2, 0.25) is 0 Å². The third-order valence-corrected chi connectivity index (χ3v) is 8.24. The average Bonchev–Trinajstić information content (AvgIpc) is 2.81. The van der Waals surface area contributed by atoms with Crippen LogP contribution in [0.5, 0.6) is 0 Å². The summed E-state index contributed by atoms with van der Waals surface area (Å²) in [5.74, 6) is 1.45. The van der Waals surface area contributed by atoms with E-state index in [0.29, 0.717) is 0 Å². The van der Waals surface area contributed by atoms with Crippen molar-refractivity contribution >= 4 is 17.6 Å². The lowest BCUT2D eigenvalue weighted by atomic mass is 9.48. The molecule has 0 radical (unpaired) electrons. The molecule has 0 N–H and O–H groups in total. The van der Waals surface area contributed by atoms with Gasteiger partial charge in [-0.05, 0) is 85.3 Å². The number of ether oxygens (including phenoxy) is 3. The van der Waals surface area contributed by atoms with Crippen molar-refractivity contribution < 1.29 is 23.8 Å². The lowest BCUT2D eigenvalue weighted by Gasteiger charge is -2.57. The number of rotatable bonds is 5. The van der Waals surface area contributed by atoms with E-state index in [4.69, 9.17) is 14.2 Å². The fourth-order valence-electron chi connectivity index (χ4n) is 7.24. The highest BCUT2D eigenvalue weighted by atomic mass is 16.5. The zero-order chi connectivity index (χ0) is 22.5. The average molecular weight is 440 g/mol. The molecule has 4 aliphatic carbocycles. The third-order valence-electron chi connectivity index (χ3n) is 8.24. The van der Waals surface area contributed by atoms with E-state index in [1.165, 1.54) is 58.3 Å². The Morgan fingerprint density at radius 1 is 1.03 bits per heavy atom. The van der Waals surface area contributed by atoms with Gasteiger partial charge >= 0.3 is 11.9 Å². The Hall–Kier alpha value is -2.34. The summed E-state index contributed by atoms with van der Waals surface area (Å²) in [5.41, 5.74) is 4.10. The van der Waals surface area contributed by atoms with Crippen LogP contribution in [0, 0.1) is 17.8 Å². The van der Waals surface area contributed by atoms with Crippen LogP contribution >= 0.6 is 0 Å². The van der Waals surface area contributed by atoms with E-state index in [1.807, 2.05) is 4.90 Å². The van der Waals surface area contributed by atoms with Crippen molar-refractivity contribution in [3.63, 3.8) is 0 Å². The van der Waals surface area contributed by atoms with Gasteiger partial charge in [-0.3, -0.25) is 0 Å². The first-order valence-electron chi connectivity index (χ1n) is 11.9. The number of carbonyl (C=O) groups excluding carboxylic acids is 2. The van der Waals surface area contributed by atoms with E-state index in [1.54, 1.807) is 0 Å². The van der Waals surface area contributed by atoms with Crippen LogP contribution in [0.25, 0.3) is 0 Å². The Kier molecular flexibility index (Phi) is 5.52. The van der Waals surface area contributed by atoms with Gasteiger partial charge in [-0.15, -0.1) is 0 Å². The molecule has 1 heterocycles. The molecule has 4 saturated carbocycles. The number of anilines is 1. The molecule has 4 fully saturated rings. The Morgan fingerprint density at radius 2 is 1.66 bits per heavy atom. The molecule has 0 atom stereocenters. The summed E-state index contributed by atoms with van der Waals surface area (Å²) in [5, 5.41) is 0. The summed E-state index contributed by atoms with van der Waals surface area (Å²) >= 11 is 0. The molecular formula is C26H33NO5. The first-order valence-corrected chi connectivity index (χ1v) is 11.9. The van der Waals surface area contributed by atoms with E-state index in [0.717, 1.165) is 35.4 Å². The van der Waals surface area contributed by atoms with Gasteiger partial charge in [0.1, 0.15) is 12.4 Å². The van der Waals surface area contributed by atoms with Crippen LogP contribution in [-0.4, -0.2) is 39.5 Å². The highest BCUT2D eigenvalue weighted by Crippen LogP contribution is 2.61. The molecule has 6 heteroatoms. The van der Waals surface area contributed by atoms with E-state index in [9.17, 15) is 9.59 Å². The monoisotopic (exact) mass is 439 g/mol. The minimum absolute atomic E-state index is 0.0315. The van der Waals surface area contributed by atoms with Crippen LogP contribution in [0.4, 0.5) is 5.69 Å². The Balaban J connectivity index is 1.60. The number of hydrogen-bond acceptors (Lipinski definition) is 6. The molecule has 32 heavy (non-hydrogen) atoms. The molecule has 6 nitrogen and oxygen atoms in total. The molecule has 0 spiro atoms. The van der Waals surface area contributed by atoms with Crippen molar-refractivity contribution in [1.82, 2.24) is 0 Å².